The number of benzene rings is 1. The summed E-state index contributed by atoms with van der Waals surface area (Å²) in [4.78, 5) is 18.9. The number of halogens is 3. The predicted octanol–water partition coefficient (Wildman–Crippen LogP) is 3.93. The summed E-state index contributed by atoms with van der Waals surface area (Å²) in [6.45, 7) is 0.320. The number of alkyl halides is 2. The van der Waals surface area contributed by atoms with Gasteiger partial charge in [0.1, 0.15) is 11.4 Å². The number of pyridine rings is 2. The van der Waals surface area contributed by atoms with Gasteiger partial charge in [0.15, 0.2) is 0 Å². The van der Waals surface area contributed by atoms with Gasteiger partial charge in [-0.1, -0.05) is 17.7 Å². The monoisotopic (exact) mass is 362 g/mol. The van der Waals surface area contributed by atoms with Crippen LogP contribution in [0, 0.1) is 0 Å². The van der Waals surface area contributed by atoms with Crippen LogP contribution in [0.15, 0.2) is 42.6 Å². The van der Waals surface area contributed by atoms with E-state index in [4.69, 9.17) is 17.3 Å². The van der Waals surface area contributed by atoms with Crippen LogP contribution in [0.4, 0.5) is 14.5 Å². The zero-order valence-corrected chi connectivity index (χ0v) is 13.6. The quantitative estimate of drug-likeness (QED) is 0.720. The normalized spacial score (nSPS) is 11.0. The van der Waals surface area contributed by atoms with Crippen molar-refractivity contribution in [3.63, 3.8) is 0 Å². The standard InChI is InChI=1S/C17H13ClF2N4O/c18-10-2-4-12-11(5-10)14(6-15(24-12)16(19)20)23-8-9-1-3-13(17(21)25)22-7-9/h1-7,16H,8H2,(H2,21,25)(H,23,24). The Labute approximate surface area is 146 Å². The zero-order valence-electron chi connectivity index (χ0n) is 12.8. The smallest absolute Gasteiger partial charge is 0.280 e. The molecule has 1 aromatic carbocycles. The van der Waals surface area contributed by atoms with Gasteiger partial charge in [-0.2, -0.15) is 0 Å². The maximum absolute atomic E-state index is 13.1. The van der Waals surface area contributed by atoms with Crippen molar-refractivity contribution in [1.29, 1.82) is 0 Å². The van der Waals surface area contributed by atoms with Gasteiger partial charge in [-0.05, 0) is 35.9 Å². The summed E-state index contributed by atoms with van der Waals surface area (Å²) in [6, 6.07) is 9.35. The van der Waals surface area contributed by atoms with Crippen LogP contribution in [0.1, 0.15) is 28.2 Å². The number of nitrogens with one attached hydrogen (secondary N) is 1. The highest BCUT2D eigenvalue weighted by atomic mass is 35.5. The Kier molecular flexibility index (Phi) is 4.76. The van der Waals surface area contributed by atoms with E-state index in [1.54, 1.807) is 24.3 Å². The molecule has 3 N–H and O–H groups in total. The first-order chi connectivity index (χ1) is 11.9. The molecule has 0 aliphatic rings. The summed E-state index contributed by atoms with van der Waals surface area (Å²) >= 11 is 6.00. The molecule has 8 heteroatoms. The molecule has 2 aromatic heterocycles. The van der Waals surface area contributed by atoms with E-state index in [-0.39, 0.29) is 11.4 Å². The predicted molar refractivity (Wildman–Crippen MR) is 91.8 cm³/mol. The van der Waals surface area contributed by atoms with Crippen LogP contribution in [0.5, 0.6) is 0 Å². The van der Waals surface area contributed by atoms with E-state index >= 15 is 0 Å². The van der Waals surface area contributed by atoms with Crippen molar-refractivity contribution in [3.05, 3.63) is 64.6 Å². The third-order valence-electron chi connectivity index (χ3n) is 3.57. The summed E-state index contributed by atoms with van der Waals surface area (Å²) < 4.78 is 26.1. The second-order valence-corrected chi connectivity index (χ2v) is 5.76. The molecule has 0 aliphatic carbocycles. The van der Waals surface area contributed by atoms with E-state index in [2.05, 4.69) is 15.3 Å². The molecule has 0 saturated heterocycles. The van der Waals surface area contributed by atoms with Crippen LogP contribution in [-0.2, 0) is 6.54 Å². The topological polar surface area (TPSA) is 80.9 Å². The van der Waals surface area contributed by atoms with E-state index in [0.717, 1.165) is 5.56 Å². The van der Waals surface area contributed by atoms with Gasteiger partial charge >= 0.3 is 0 Å². The third kappa shape index (κ3) is 3.83. The fourth-order valence-corrected chi connectivity index (χ4v) is 2.52. The minimum Gasteiger partial charge on any atom is -0.380 e. The molecule has 0 spiro atoms. The van der Waals surface area contributed by atoms with Crippen molar-refractivity contribution in [1.82, 2.24) is 9.97 Å². The molecule has 0 aliphatic heterocycles. The number of amides is 1. The number of aromatic nitrogens is 2. The Morgan fingerprint density at radius 2 is 2.04 bits per heavy atom. The lowest BCUT2D eigenvalue weighted by atomic mass is 10.1. The first-order valence-electron chi connectivity index (χ1n) is 7.31. The van der Waals surface area contributed by atoms with Crippen LogP contribution >= 0.6 is 11.6 Å². The molecule has 25 heavy (non-hydrogen) atoms. The number of nitrogens with two attached hydrogens (primary N) is 1. The van der Waals surface area contributed by atoms with E-state index < -0.39 is 12.3 Å². The van der Waals surface area contributed by atoms with Crippen LogP contribution in [0.25, 0.3) is 10.9 Å². The van der Waals surface area contributed by atoms with Gasteiger partial charge in [-0.25, -0.2) is 13.8 Å². The molecular weight excluding hydrogens is 350 g/mol. The number of rotatable bonds is 5. The second kappa shape index (κ2) is 6.98. The summed E-state index contributed by atoms with van der Waals surface area (Å²) in [5.74, 6) is -0.615. The molecule has 0 atom stereocenters. The molecule has 2 heterocycles. The van der Waals surface area contributed by atoms with E-state index in [1.807, 2.05) is 0 Å². The molecule has 0 bridgehead atoms. The number of hydrogen-bond donors (Lipinski definition) is 2. The van der Waals surface area contributed by atoms with Crippen molar-refractivity contribution in [3.8, 4) is 0 Å². The van der Waals surface area contributed by atoms with Crippen LogP contribution in [0.2, 0.25) is 5.02 Å². The largest absolute Gasteiger partial charge is 0.380 e. The molecule has 0 unspecified atom stereocenters. The lowest BCUT2D eigenvalue weighted by molar-refractivity contribution is 0.0995. The molecule has 128 valence electrons. The molecule has 1 amide bonds. The lowest BCUT2D eigenvalue weighted by Crippen LogP contribution is -2.13. The molecular formula is C17H13ClF2N4O. The van der Waals surface area contributed by atoms with E-state index in [1.165, 1.54) is 18.3 Å². The summed E-state index contributed by atoms with van der Waals surface area (Å²) in [5.41, 5.74) is 6.65. The Hall–Kier alpha value is -2.80. The van der Waals surface area contributed by atoms with E-state index in [9.17, 15) is 13.6 Å². The number of hydrogen-bond acceptors (Lipinski definition) is 4. The first kappa shape index (κ1) is 17.0. The molecule has 3 aromatic rings. The lowest BCUT2D eigenvalue weighted by Gasteiger charge is -2.12. The fourth-order valence-electron chi connectivity index (χ4n) is 2.35. The number of anilines is 1. The van der Waals surface area contributed by atoms with Crippen LogP contribution < -0.4 is 11.1 Å². The van der Waals surface area contributed by atoms with Crippen molar-refractivity contribution in [2.24, 2.45) is 5.73 Å². The number of carbonyl (C=O) groups excluding carboxylic acids is 1. The molecule has 0 fully saturated rings. The Bertz CT molecular complexity index is 932. The van der Waals surface area contributed by atoms with Gasteiger partial charge in [-0.3, -0.25) is 9.78 Å². The van der Waals surface area contributed by atoms with Gasteiger partial charge < -0.3 is 11.1 Å². The zero-order chi connectivity index (χ0) is 18.0. The molecule has 3 rings (SSSR count). The Balaban J connectivity index is 1.91. The second-order valence-electron chi connectivity index (χ2n) is 5.33. The fraction of sp³-hybridized carbons (Fsp3) is 0.118. The number of nitrogens with zero attached hydrogens (tertiary/aromatic N) is 2. The van der Waals surface area contributed by atoms with Gasteiger partial charge in [0, 0.05) is 28.8 Å². The van der Waals surface area contributed by atoms with Gasteiger partial charge in [0.05, 0.1) is 5.52 Å². The van der Waals surface area contributed by atoms with Crippen molar-refractivity contribution >= 4 is 34.1 Å². The van der Waals surface area contributed by atoms with Crippen molar-refractivity contribution in [2.75, 3.05) is 5.32 Å². The summed E-state index contributed by atoms with van der Waals surface area (Å²) in [5, 5.41) is 4.21. The highest BCUT2D eigenvalue weighted by molar-refractivity contribution is 6.31. The van der Waals surface area contributed by atoms with Gasteiger partial charge in [0.25, 0.3) is 12.3 Å². The van der Waals surface area contributed by atoms with Gasteiger partial charge in [0.2, 0.25) is 0 Å². The SMILES string of the molecule is NC(=O)c1ccc(CNc2cc(C(F)F)nc3ccc(Cl)cc23)cn1. The highest BCUT2D eigenvalue weighted by Gasteiger charge is 2.13. The molecule has 5 nitrogen and oxygen atoms in total. The number of primary amides is 1. The first-order valence-corrected chi connectivity index (χ1v) is 7.69. The van der Waals surface area contributed by atoms with E-state index in [0.29, 0.717) is 28.2 Å². The highest BCUT2D eigenvalue weighted by Crippen LogP contribution is 2.30. The molecule has 0 radical (unpaired) electrons. The maximum atomic E-state index is 13.1. The summed E-state index contributed by atoms with van der Waals surface area (Å²) in [7, 11) is 0. The average Bonchev–Trinajstić information content (AvgIpc) is 2.59. The van der Waals surface area contributed by atoms with Crippen molar-refractivity contribution < 1.29 is 13.6 Å². The van der Waals surface area contributed by atoms with Crippen molar-refractivity contribution in [2.45, 2.75) is 13.0 Å². The summed E-state index contributed by atoms with van der Waals surface area (Å²) in [6.07, 6.45) is -1.19. The molecule has 0 saturated carbocycles. The minimum absolute atomic E-state index is 0.157. The third-order valence-corrected chi connectivity index (χ3v) is 3.81. The minimum atomic E-state index is -2.68. The Morgan fingerprint density at radius 1 is 1.24 bits per heavy atom. The van der Waals surface area contributed by atoms with Crippen LogP contribution in [0.3, 0.4) is 0 Å². The van der Waals surface area contributed by atoms with Crippen LogP contribution in [-0.4, -0.2) is 15.9 Å². The Morgan fingerprint density at radius 3 is 2.68 bits per heavy atom. The maximum Gasteiger partial charge on any atom is 0.280 e. The average molecular weight is 363 g/mol. The number of carbonyl (C=O) groups is 1. The van der Waals surface area contributed by atoms with Gasteiger partial charge in [-0.15, -0.1) is 0 Å². The number of fused-ring (bicyclic) bond motifs is 1.